The van der Waals surface area contributed by atoms with E-state index in [1.54, 1.807) is 11.3 Å². The molecule has 0 unspecified atom stereocenters. The molecular formula is C19H36IN5S. The van der Waals surface area contributed by atoms with E-state index in [0.29, 0.717) is 0 Å². The molecule has 1 aromatic rings. The Morgan fingerprint density at radius 2 is 1.88 bits per heavy atom. The highest BCUT2D eigenvalue weighted by atomic mass is 127. The number of thiazole rings is 1. The van der Waals surface area contributed by atoms with E-state index in [1.807, 2.05) is 0 Å². The molecule has 2 heterocycles. The maximum Gasteiger partial charge on any atom is 0.191 e. The van der Waals surface area contributed by atoms with E-state index in [2.05, 4.69) is 55.1 Å². The highest BCUT2D eigenvalue weighted by Gasteiger charge is 2.27. The molecule has 2 rings (SSSR count). The Labute approximate surface area is 180 Å². The quantitative estimate of drug-likeness (QED) is 0.345. The molecule has 5 nitrogen and oxygen atoms in total. The van der Waals surface area contributed by atoms with Crippen LogP contribution in [0, 0.1) is 13.8 Å². The van der Waals surface area contributed by atoms with Gasteiger partial charge in [-0.25, -0.2) is 4.98 Å². The van der Waals surface area contributed by atoms with Gasteiger partial charge in [-0.05, 0) is 60.5 Å². The van der Waals surface area contributed by atoms with Crippen LogP contribution in [0.25, 0.3) is 0 Å². The first-order valence-corrected chi connectivity index (χ1v) is 10.4. The van der Waals surface area contributed by atoms with Crippen LogP contribution >= 0.6 is 35.3 Å². The van der Waals surface area contributed by atoms with Gasteiger partial charge in [0.15, 0.2) is 5.96 Å². The number of guanidine groups is 1. The third-order valence-electron chi connectivity index (χ3n) is 4.82. The summed E-state index contributed by atoms with van der Waals surface area (Å²) < 4.78 is 0. The maximum atomic E-state index is 4.86. The van der Waals surface area contributed by atoms with Crippen LogP contribution in [-0.2, 0) is 6.42 Å². The third kappa shape index (κ3) is 7.31. The van der Waals surface area contributed by atoms with Gasteiger partial charge in [0.2, 0.25) is 0 Å². The molecule has 0 bridgehead atoms. The van der Waals surface area contributed by atoms with E-state index in [0.717, 1.165) is 42.7 Å². The molecule has 1 aliphatic rings. The molecule has 150 valence electrons. The highest BCUT2D eigenvalue weighted by molar-refractivity contribution is 14.0. The van der Waals surface area contributed by atoms with Crippen molar-refractivity contribution in [2.45, 2.75) is 65.8 Å². The SMILES string of the molecule is CCNC(=NCC(C)(C)N1CCCCC1)NCCc1sc(C)nc1C.I. The molecule has 1 aliphatic heterocycles. The molecule has 1 aromatic heterocycles. The number of nitrogens with zero attached hydrogens (tertiary/aromatic N) is 3. The molecule has 1 saturated heterocycles. The molecule has 0 amide bonds. The van der Waals surface area contributed by atoms with Crippen LogP contribution in [0.1, 0.15) is 55.6 Å². The molecule has 0 atom stereocenters. The molecule has 0 saturated carbocycles. The van der Waals surface area contributed by atoms with Crippen LogP contribution in [0.4, 0.5) is 0 Å². The number of halogens is 1. The monoisotopic (exact) mass is 493 g/mol. The second-order valence-electron chi connectivity index (χ2n) is 7.47. The first kappa shape index (κ1) is 23.6. The summed E-state index contributed by atoms with van der Waals surface area (Å²) in [7, 11) is 0. The zero-order valence-corrected chi connectivity index (χ0v) is 20.2. The Morgan fingerprint density at radius 3 is 2.46 bits per heavy atom. The average molecular weight is 494 g/mol. The average Bonchev–Trinajstić information content (AvgIpc) is 2.91. The summed E-state index contributed by atoms with van der Waals surface area (Å²) in [4.78, 5) is 13.3. The zero-order chi connectivity index (χ0) is 18.3. The predicted molar refractivity (Wildman–Crippen MR) is 124 cm³/mol. The van der Waals surface area contributed by atoms with Crippen molar-refractivity contribution in [2.75, 3.05) is 32.7 Å². The minimum Gasteiger partial charge on any atom is -0.357 e. The summed E-state index contributed by atoms with van der Waals surface area (Å²) in [5, 5.41) is 8.00. The molecular weight excluding hydrogens is 457 g/mol. The lowest BCUT2D eigenvalue weighted by atomic mass is 9.99. The van der Waals surface area contributed by atoms with Gasteiger partial charge in [-0.1, -0.05) is 6.42 Å². The number of aliphatic imine (C=N–C) groups is 1. The van der Waals surface area contributed by atoms with Crippen molar-refractivity contribution in [1.82, 2.24) is 20.5 Å². The Kier molecular flexibility index (Phi) is 10.4. The fourth-order valence-electron chi connectivity index (χ4n) is 3.31. The predicted octanol–water partition coefficient (Wildman–Crippen LogP) is 3.74. The van der Waals surface area contributed by atoms with Crippen LogP contribution in [0.15, 0.2) is 4.99 Å². The van der Waals surface area contributed by atoms with E-state index >= 15 is 0 Å². The maximum absolute atomic E-state index is 4.86. The minimum atomic E-state index is 0. The van der Waals surface area contributed by atoms with Gasteiger partial charge in [0, 0.05) is 29.9 Å². The van der Waals surface area contributed by atoms with Crippen molar-refractivity contribution in [3.63, 3.8) is 0 Å². The Bertz CT molecular complexity index is 564. The van der Waals surface area contributed by atoms with E-state index in [9.17, 15) is 0 Å². The number of hydrogen-bond donors (Lipinski definition) is 2. The standard InChI is InChI=1S/C19H35N5S.HI/c1-6-20-18(21-11-10-17-15(2)23-16(3)25-17)22-14-19(4,5)24-12-8-7-9-13-24;/h6-14H2,1-5H3,(H2,20,21,22);1H. The fraction of sp³-hybridized carbons (Fsp3) is 0.789. The summed E-state index contributed by atoms with van der Waals surface area (Å²) in [6.45, 7) is 15.9. The smallest absolute Gasteiger partial charge is 0.191 e. The molecule has 0 aromatic carbocycles. The minimum absolute atomic E-state index is 0. The van der Waals surface area contributed by atoms with Crippen LogP contribution in [0.3, 0.4) is 0 Å². The first-order chi connectivity index (χ1) is 11.9. The number of aromatic nitrogens is 1. The van der Waals surface area contributed by atoms with E-state index < -0.39 is 0 Å². The molecule has 2 N–H and O–H groups in total. The van der Waals surface area contributed by atoms with E-state index in [4.69, 9.17) is 4.99 Å². The number of aryl methyl sites for hydroxylation is 2. The number of nitrogens with one attached hydrogen (secondary N) is 2. The van der Waals surface area contributed by atoms with Gasteiger partial charge in [-0.3, -0.25) is 9.89 Å². The van der Waals surface area contributed by atoms with Crippen LogP contribution in [0.2, 0.25) is 0 Å². The van der Waals surface area contributed by atoms with Crippen molar-refractivity contribution in [2.24, 2.45) is 4.99 Å². The van der Waals surface area contributed by atoms with E-state index in [-0.39, 0.29) is 29.5 Å². The summed E-state index contributed by atoms with van der Waals surface area (Å²) in [6, 6.07) is 0. The number of piperidine rings is 1. The van der Waals surface area contributed by atoms with Crippen molar-refractivity contribution in [3.8, 4) is 0 Å². The largest absolute Gasteiger partial charge is 0.357 e. The van der Waals surface area contributed by atoms with Gasteiger partial charge in [0.1, 0.15) is 0 Å². The highest BCUT2D eigenvalue weighted by Crippen LogP contribution is 2.21. The van der Waals surface area contributed by atoms with Crippen molar-refractivity contribution >= 4 is 41.3 Å². The number of hydrogen-bond acceptors (Lipinski definition) is 4. The number of rotatable bonds is 7. The lowest BCUT2D eigenvalue weighted by Crippen LogP contribution is -2.49. The van der Waals surface area contributed by atoms with Gasteiger partial charge in [-0.2, -0.15) is 0 Å². The van der Waals surface area contributed by atoms with Gasteiger partial charge in [-0.15, -0.1) is 35.3 Å². The lowest BCUT2D eigenvalue weighted by Gasteiger charge is -2.40. The number of likely N-dealkylation sites (tertiary alicyclic amines) is 1. The van der Waals surface area contributed by atoms with Crippen molar-refractivity contribution in [1.29, 1.82) is 0 Å². The molecule has 7 heteroatoms. The van der Waals surface area contributed by atoms with E-state index in [1.165, 1.54) is 37.2 Å². The first-order valence-electron chi connectivity index (χ1n) is 9.62. The molecule has 0 spiro atoms. The van der Waals surface area contributed by atoms with Crippen LogP contribution in [-0.4, -0.2) is 54.1 Å². The third-order valence-corrected chi connectivity index (χ3v) is 5.96. The molecule has 0 aliphatic carbocycles. The summed E-state index contributed by atoms with van der Waals surface area (Å²) in [5.74, 6) is 0.923. The van der Waals surface area contributed by atoms with Crippen LogP contribution < -0.4 is 10.6 Å². The van der Waals surface area contributed by atoms with Crippen LogP contribution in [0.5, 0.6) is 0 Å². The van der Waals surface area contributed by atoms with Gasteiger partial charge >= 0.3 is 0 Å². The Balaban J connectivity index is 0.00000338. The fourth-order valence-corrected chi connectivity index (χ4v) is 4.25. The van der Waals surface area contributed by atoms with Gasteiger partial charge in [0.25, 0.3) is 0 Å². The normalized spacial score (nSPS) is 16.3. The second-order valence-corrected chi connectivity index (χ2v) is 8.76. The molecule has 0 radical (unpaired) electrons. The second kappa shape index (κ2) is 11.4. The molecule has 26 heavy (non-hydrogen) atoms. The summed E-state index contributed by atoms with van der Waals surface area (Å²) in [5.41, 5.74) is 1.28. The molecule has 1 fully saturated rings. The topological polar surface area (TPSA) is 52.6 Å². The van der Waals surface area contributed by atoms with Crippen molar-refractivity contribution in [3.05, 3.63) is 15.6 Å². The Morgan fingerprint density at radius 1 is 1.19 bits per heavy atom. The van der Waals surface area contributed by atoms with Gasteiger partial charge in [0.05, 0.1) is 17.2 Å². The Hall–Kier alpha value is -0.410. The summed E-state index contributed by atoms with van der Waals surface area (Å²) >= 11 is 1.80. The lowest BCUT2D eigenvalue weighted by molar-refractivity contribution is 0.102. The van der Waals surface area contributed by atoms with Gasteiger partial charge < -0.3 is 10.6 Å². The van der Waals surface area contributed by atoms with Crippen molar-refractivity contribution < 1.29 is 0 Å². The summed E-state index contributed by atoms with van der Waals surface area (Å²) in [6.07, 6.45) is 5.01. The zero-order valence-electron chi connectivity index (χ0n) is 17.0.